The van der Waals surface area contributed by atoms with Crippen molar-refractivity contribution >= 4 is 46.7 Å². The van der Waals surface area contributed by atoms with Gasteiger partial charge >= 0.3 is 5.97 Å². The second-order valence-corrected chi connectivity index (χ2v) is 8.67. The molecule has 0 aromatic heterocycles. The Bertz CT molecular complexity index is 1250. The number of halogens is 2. The zero-order valence-corrected chi connectivity index (χ0v) is 19.3. The third kappa shape index (κ3) is 4.63. The van der Waals surface area contributed by atoms with E-state index in [1.807, 2.05) is 0 Å². The van der Waals surface area contributed by atoms with Crippen molar-refractivity contribution in [1.82, 2.24) is 4.90 Å². The minimum atomic E-state index is -1.48. The fraction of sp³-hybridized carbons (Fsp3) is 0.160. The first-order valence-electron chi connectivity index (χ1n) is 10.4. The van der Waals surface area contributed by atoms with Gasteiger partial charge in [0, 0.05) is 16.7 Å². The molecule has 34 heavy (non-hydrogen) atoms. The van der Waals surface area contributed by atoms with E-state index in [-0.39, 0.29) is 23.4 Å². The Hall–Kier alpha value is -3.39. The van der Waals surface area contributed by atoms with Crippen molar-refractivity contribution in [3.8, 4) is 0 Å². The number of hydrogen-bond donors (Lipinski definition) is 3. The van der Waals surface area contributed by atoms with Gasteiger partial charge in [-0.25, -0.2) is 4.79 Å². The second kappa shape index (κ2) is 9.85. The molecular weight excluding hydrogens is 479 g/mol. The summed E-state index contributed by atoms with van der Waals surface area (Å²) in [5.41, 5.74) is 1.76. The maximum absolute atomic E-state index is 13.9. The molecule has 0 spiro atoms. The molecular formula is C25H20Cl2N2O5. The Morgan fingerprint density at radius 2 is 1.59 bits per heavy atom. The SMILES string of the molecule is O=C(O)C(c1ccc(Cl)cc1)N1C(=O)c2cc(CCO)ccc2NC(=O)C1c1ccc(Cl)cc1. The number of hydrogen-bond acceptors (Lipinski definition) is 4. The Labute approximate surface area is 205 Å². The number of aliphatic hydroxyl groups excluding tert-OH is 1. The van der Waals surface area contributed by atoms with Crippen LogP contribution in [0.15, 0.2) is 66.7 Å². The zero-order valence-electron chi connectivity index (χ0n) is 17.7. The van der Waals surface area contributed by atoms with Gasteiger partial charge in [-0.05, 0) is 59.5 Å². The summed E-state index contributed by atoms with van der Waals surface area (Å²) in [4.78, 5) is 41.0. The summed E-state index contributed by atoms with van der Waals surface area (Å²) in [5.74, 6) is -2.52. The van der Waals surface area contributed by atoms with Gasteiger partial charge in [0.25, 0.3) is 11.8 Å². The number of carbonyl (C=O) groups excluding carboxylic acids is 2. The number of aliphatic hydroxyl groups is 1. The molecule has 0 saturated carbocycles. The van der Waals surface area contributed by atoms with E-state index in [1.165, 1.54) is 24.3 Å². The van der Waals surface area contributed by atoms with Crippen LogP contribution >= 0.6 is 23.2 Å². The van der Waals surface area contributed by atoms with Gasteiger partial charge in [-0.15, -0.1) is 0 Å². The fourth-order valence-corrected chi connectivity index (χ4v) is 4.29. The standard InChI is InChI=1S/C25H20Cl2N2O5/c26-17-6-2-15(3-7-17)21-23(31)28-20-10-1-14(11-12-30)13-19(20)24(32)29(21)22(25(33)34)16-4-8-18(27)9-5-16/h1-10,13,21-22,30H,11-12H2,(H,28,31)(H,33,34). The molecule has 0 saturated heterocycles. The smallest absolute Gasteiger partial charge is 0.331 e. The molecule has 2 amide bonds. The number of anilines is 1. The summed E-state index contributed by atoms with van der Waals surface area (Å²) >= 11 is 12.0. The van der Waals surface area contributed by atoms with Gasteiger partial charge in [0.15, 0.2) is 6.04 Å². The maximum Gasteiger partial charge on any atom is 0.331 e. The monoisotopic (exact) mass is 498 g/mol. The van der Waals surface area contributed by atoms with Crippen LogP contribution in [0.5, 0.6) is 0 Å². The van der Waals surface area contributed by atoms with Gasteiger partial charge in [-0.1, -0.05) is 53.5 Å². The van der Waals surface area contributed by atoms with E-state index in [2.05, 4.69) is 5.32 Å². The average molecular weight is 499 g/mol. The number of carboxylic acid groups (broad SMARTS) is 1. The molecule has 0 fully saturated rings. The number of fused-ring (bicyclic) bond motifs is 1. The second-order valence-electron chi connectivity index (χ2n) is 7.80. The molecule has 1 heterocycles. The molecule has 3 aromatic carbocycles. The molecule has 1 aliphatic heterocycles. The van der Waals surface area contributed by atoms with Crippen molar-refractivity contribution in [2.75, 3.05) is 11.9 Å². The molecule has 0 aliphatic carbocycles. The van der Waals surface area contributed by atoms with Crippen LogP contribution in [-0.4, -0.2) is 39.5 Å². The Kier molecular flexibility index (Phi) is 6.88. The highest BCUT2D eigenvalue weighted by Gasteiger charge is 2.43. The molecule has 2 unspecified atom stereocenters. The summed E-state index contributed by atoms with van der Waals surface area (Å²) in [7, 11) is 0. The van der Waals surface area contributed by atoms with Crippen molar-refractivity contribution in [1.29, 1.82) is 0 Å². The van der Waals surface area contributed by atoms with Gasteiger partial charge in [-0.2, -0.15) is 0 Å². The van der Waals surface area contributed by atoms with Gasteiger partial charge in [0.1, 0.15) is 6.04 Å². The quantitative estimate of drug-likeness (QED) is 0.464. The van der Waals surface area contributed by atoms with Gasteiger partial charge < -0.3 is 20.4 Å². The first-order chi connectivity index (χ1) is 16.3. The van der Waals surface area contributed by atoms with Crippen LogP contribution in [0.25, 0.3) is 0 Å². The molecule has 7 nitrogen and oxygen atoms in total. The number of aliphatic carboxylic acids is 1. The number of amides is 2. The summed E-state index contributed by atoms with van der Waals surface area (Å²) < 4.78 is 0. The Balaban J connectivity index is 1.93. The molecule has 4 rings (SSSR count). The minimum absolute atomic E-state index is 0.126. The number of nitrogens with one attached hydrogen (secondary N) is 1. The fourth-order valence-electron chi connectivity index (χ4n) is 4.04. The van der Waals surface area contributed by atoms with Gasteiger partial charge in [0.05, 0.1) is 11.3 Å². The first kappa shape index (κ1) is 23.8. The van der Waals surface area contributed by atoms with E-state index in [9.17, 15) is 24.6 Å². The molecule has 3 N–H and O–H groups in total. The van der Waals surface area contributed by atoms with Crippen LogP contribution in [0.1, 0.15) is 39.1 Å². The number of carboxylic acids is 1. The lowest BCUT2D eigenvalue weighted by molar-refractivity contribution is -0.144. The van der Waals surface area contributed by atoms with Gasteiger partial charge in [0.2, 0.25) is 0 Å². The van der Waals surface area contributed by atoms with Crippen molar-refractivity contribution in [2.45, 2.75) is 18.5 Å². The van der Waals surface area contributed by atoms with E-state index in [0.717, 1.165) is 4.90 Å². The van der Waals surface area contributed by atoms with E-state index >= 15 is 0 Å². The van der Waals surface area contributed by atoms with Crippen LogP contribution in [0.2, 0.25) is 10.0 Å². The van der Waals surface area contributed by atoms with Crippen LogP contribution in [0.4, 0.5) is 5.69 Å². The van der Waals surface area contributed by atoms with E-state index in [1.54, 1.807) is 42.5 Å². The minimum Gasteiger partial charge on any atom is -0.479 e. The largest absolute Gasteiger partial charge is 0.479 e. The lowest BCUT2D eigenvalue weighted by Gasteiger charge is -2.34. The lowest BCUT2D eigenvalue weighted by atomic mass is 9.97. The highest BCUT2D eigenvalue weighted by molar-refractivity contribution is 6.30. The van der Waals surface area contributed by atoms with E-state index in [4.69, 9.17) is 23.2 Å². The maximum atomic E-state index is 13.9. The molecule has 0 radical (unpaired) electrons. The average Bonchev–Trinajstić information content (AvgIpc) is 2.91. The highest BCUT2D eigenvalue weighted by atomic mass is 35.5. The molecule has 0 bridgehead atoms. The first-order valence-corrected chi connectivity index (χ1v) is 11.2. The highest BCUT2D eigenvalue weighted by Crippen LogP contribution is 2.38. The zero-order chi connectivity index (χ0) is 24.4. The number of rotatable bonds is 6. The summed E-state index contributed by atoms with van der Waals surface area (Å²) in [6.45, 7) is -0.126. The molecule has 2 atom stereocenters. The summed E-state index contributed by atoms with van der Waals surface area (Å²) in [6.07, 6.45) is 0.300. The number of benzene rings is 3. The van der Waals surface area contributed by atoms with Crippen molar-refractivity contribution < 1.29 is 24.6 Å². The summed E-state index contributed by atoms with van der Waals surface area (Å²) in [5, 5.41) is 23.1. The Morgan fingerprint density at radius 1 is 0.971 bits per heavy atom. The predicted molar refractivity (Wildman–Crippen MR) is 128 cm³/mol. The molecule has 3 aromatic rings. The van der Waals surface area contributed by atoms with Crippen molar-refractivity contribution in [2.24, 2.45) is 0 Å². The Morgan fingerprint density at radius 3 is 2.18 bits per heavy atom. The van der Waals surface area contributed by atoms with Crippen LogP contribution < -0.4 is 5.32 Å². The third-order valence-corrected chi connectivity index (χ3v) is 6.12. The van der Waals surface area contributed by atoms with Crippen molar-refractivity contribution in [3.63, 3.8) is 0 Å². The summed E-state index contributed by atoms with van der Waals surface area (Å²) in [6, 6.07) is 14.5. The van der Waals surface area contributed by atoms with Crippen LogP contribution in [0, 0.1) is 0 Å². The predicted octanol–water partition coefficient (Wildman–Crippen LogP) is 4.49. The molecule has 1 aliphatic rings. The number of carbonyl (C=O) groups is 3. The van der Waals surface area contributed by atoms with E-state index in [0.29, 0.717) is 27.6 Å². The van der Waals surface area contributed by atoms with Crippen LogP contribution in [0.3, 0.4) is 0 Å². The van der Waals surface area contributed by atoms with Crippen molar-refractivity contribution in [3.05, 3.63) is 99.0 Å². The van der Waals surface area contributed by atoms with Crippen LogP contribution in [-0.2, 0) is 16.0 Å². The lowest BCUT2D eigenvalue weighted by Crippen LogP contribution is -2.44. The molecule has 174 valence electrons. The normalized spacial score (nSPS) is 16.4. The van der Waals surface area contributed by atoms with Gasteiger partial charge in [-0.3, -0.25) is 9.59 Å². The van der Waals surface area contributed by atoms with E-state index < -0.39 is 29.9 Å². The number of nitrogens with zero attached hydrogens (tertiary/aromatic N) is 1. The molecule has 9 heteroatoms. The topological polar surface area (TPSA) is 107 Å². The third-order valence-electron chi connectivity index (χ3n) is 5.62.